The minimum Gasteiger partial charge on any atom is -0.481 e. The summed E-state index contributed by atoms with van der Waals surface area (Å²) in [4.78, 5) is 10.7. The molecule has 0 fully saturated rings. The SMILES string of the molecule is CCCCCC(O)c1cccc2ccc(CCC(=O)O)cc12. The number of unbranched alkanes of at least 4 members (excludes halogenated alkanes) is 2. The van der Waals surface area contributed by atoms with Crippen LogP contribution in [0.4, 0.5) is 0 Å². The van der Waals surface area contributed by atoms with Crippen LogP contribution in [-0.4, -0.2) is 16.2 Å². The maximum Gasteiger partial charge on any atom is 0.303 e. The summed E-state index contributed by atoms with van der Waals surface area (Å²) in [5.41, 5.74) is 1.95. The Morgan fingerprint density at radius 3 is 2.73 bits per heavy atom. The Balaban J connectivity index is 2.24. The molecule has 0 saturated carbocycles. The van der Waals surface area contributed by atoms with E-state index in [9.17, 15) is 9.90 Å². The molecule has 0 saturated heterocycles. The number of hydrogen-bond acceptors (Lipinski definition) is 2. The minimum absolute atomic E-state index is 0.132. The third-order valence-corrected chi connectivity index (χ3v) is 4.05. The van der Waals surface area contributed by atoms with Crippen LogP contribution in [0.25, 0.3) is 10.8 Å². The van der Waals surface area contributed by atoms with Crippen molar-refractivity contribution in [3.8, 4) is 0 Å². The van der Waals surface area contributed by atoms with Gasteiger partial charge in [-0.1, -0.05) is 62.6 Å². The van der Waals surface area contributed by atoms with E-state index >= 15 is 0 Å². The van der Waals surface area contributed by atoms with Crippen molar-refractivity contribution >= 4 is 16.7 Å². The van der Waals surface area contributed by atoms with Crippen LogP contribution in [-0.2, 0) is 11.2 Å². The molecule has 2 aromatic carbocycles. The van der Waals surface area contributed by atoms with Crippen LogP contribution in [0.5, 0.6) is 0 Å². The average molecular weight is 300 g/mol. The largest absolute Gasteiger partial charge is 0.481 e. The van der Waals surface area contributed by atoms with E-state index in [-0.39, 0.29) is 6.42 Å². The lowest BCUT2D eigenvalue weighted by Crippen LogP contribution is -2.00. The molecule has 2 rings (SSSR count). The third kappa shape index (κ3) is 4.31. The summed E-state index contributed by atoms with van der Waals surface area (Å²) in [6, 6.07) is 12.0. The molecule has 22 heavy (non-hydrogen) atoms. The molecule has 0 amide bonds. The van der Waals surface area contributed by atoms with E-state index in [4.69, 9.17) is 5.11 Å². The van der Waals surface area contributed by atoms with Gasteiger partial charge in [-0.25, -0.2) is 0 Å². The second-order valence-electron chi connectivity index (χ2n) is 5.81. The second-order valence-corrected chi connectivity index (χ2v) is 5.81. The number of aliphatic hydroxyl groups is 1. The standard InChI is InChI=1S/C19H24O3/c1-2-3-4-8-18(20)16-7-5-6-15-11-9-14(13-17(15)16)10-12-19(21)22/h5-7,9,11,13,18,20H,2-4,8,10,12H2,1H3,(H,21,22). The zero-order chi connectivity index (χ0) is 15.9. The van der Waals surface area contributed by atoms with Gasteiger partial charge < -0.3 is 10.2 Å². The molecule has 0 bridgehead atoms. The Morgan fingerprint density at radius 2 is 2.00 bits per heavy atom. The Morgan fingerprint density at radius 1 is 1.18 bits per heavy atom. The number of carboxylic acids is 1. The smallest absolute Gasteiger partial charge is 0.303 e. The van der Waals surface area contributed by atoms with Gasteiger partial charge in [0.15, 0.2) is 0 Å². The van der Waals surface area contributed by atoms with Gasteiger partial charge >= 0.3 is 5.97 Å². The quantitative estimate of drug-likeness (QED) is 0.707. The molecular formula is C19H24O3. The van der Waals surface area contributed by atoms with E-state index in [1.54, 1.807) is 0 Å². The fraction of sp³-hybridized carbons (Fsp3) is 0.421. The highest BCUT2D eigenvalue weighted by atomic mass is 16.4. The average Bonchev–Trinajstić information content (AvgIpc) is 2.52. The van der Waals surface area contributed by atoms with Crippen molar-refractivity contribution in [3.05, 3.63) is 47.5 Å². The Kier molecular flexibility index (Phi) is 5.96. The summed E-state index contributed by atoms with van der Waals surface area (Å²) in [5.74, 6) is -0.784. The predicted octanol–water partition coefficient (Wildman–Crippen LogP) is 4.47. The number of carbonyl (C=O) groups is 1. The zero-order valence-electron chi connectivity index (χ0n) is 13.1. The molecule has 3 heteroatoms. The molecule has 0 radical (unpaired) electrons. The zero-order valence-corrected chi connectivity index (χ0v) is 13.1. The lowest BCUT2D eigenvalue weighted by molar-refractivity contribution is -0.136. The third-order valence-electron chi connectivity index (χ3n) is 4.05. The molecule has 0 spiro atoms. The number of carboxylic acid groups (broad SMARTS) is 1. The highest BCUT2D eigenvalue weighted by Gasteiger charge is 2.11. The highest BCUT2D eigenvalue weighted by Crippen LogP contribution is 2.28. The maximum absolute atomic E-state index is 10.7. The lowest BCUT2D eigenvalue weighted by atomic mass is 9.95. The number of aliphatic hydroxyl groups excluding tert-OH is 1. The first kappa shape index (κ1) is 16.5. The van der Waals surface area contributed by atoms with Crippen LogP contribution in [0.3, 0.4) is 0 Å². The van der Waals surface area contributed by atoms with Crippen LogP contribution >= 0.6 is 0 Å². The van der Waals surface area contributed by atoms with E-state index in [1.807, 2.05) is 36.4 Å². The van der Waals surface area contributed by atoms with E-state index in [1.165, 1.54) is 0 Å². The Labute approximate surface area is 131 Å². The summed E-state index contributed by atoms with van der Waals surface area (Å²) in [7, 11) is 0. The molecule has 0 aromatic heterocycles. The van der Waals surface area contributed by atoms with E-state index in [0.29, 0.717) is 6.42 Å². The molecule has 118 valence electrons. The summed E-state index contributed by atoms with van der Waals surface area (Å²) in [6.45, 7) is 2.15. The molecule has 0 aliphatic heterocycles. The molecule has 2 aromatic rings. The molecule has 1 atom stereocenters. The number of rotatable bonds is 8. The van der Waals surface area contributed by atoms with Crippen LogP contribution in [0.1, 0.15) is 56.3 Å². The minimum atomic E-state index is -0.784. The van der Waals surface area contributed by atoms with Crippen molar-refractivity contribution in [3.63, 3.8) is 0 Å². The number of aliphatic carboxylic acids is 1. The molecular weight excluding hydrogens is 276 g/mol. The van der Waals surface area contributed by atoms with E-state index < -0.39 is 12.1 Å². The first-order valence-electron chi connectivity index (χ1n) is 8.03. The van der Waals surface area contributed by atoms with Crippen molar-refractivity contribution in [1.82, 2.24) is 0 Å². The van der Waals surface area contributed by atoms with Crippen molar-refractivity contribution in [1.29, 1.82) is 0 Å². The maximum atomic E-state index is 10.7. The van der Waals surface area contributed by atoms with Crippen molar-refractivity contribution in [2.45, 2.75) is 51.6 Å². The number of benzene rings is 2. The molecule has 0 heterocycles. The first-order valence-corrected chi connectivity index (χ1v) is 8.03. The van der Waals surface area contributed by atoms with Crippen LogP contribution in [0.2, 0.25) is 0 Å². The van der Waals surface area contributed by atoms with Gasteiger partial charge in [-0.2, -0.15) is 0 Å². The number of hydrogen-bond donors (Lipinski definition) is 2. The van der Waals surface area contributed by atoms with Crippen LogP contribution in [0.15, 0.2) is 36.4 Å². The van der Waals surface area contributed by atoms with Gasteiger partial charge in [0.2, 0.25) is 0 Å². The summed E-state index contributed by atoms with van der Waals surface area (Å²) in [5, 5.41) is 21.4. The lowest BCUT2D eigenvalue weighted by Gasteiger charge is -2.14. The summed E-state index contributed by atoms with van der Waals surface area (Å²) < 4.78 is 0. The van der Waals surface area contributed by atoms with Gasteiger partial charge in [-0.05, 0) is 34.7 Å². The fourth-order valence-corrected chi connectivity index (χ4v) is 2.78. The first-order chi connectivity index (χ1) is 10.6. The van der Waals surface area contributed by atoms with E-state index in [2.05, 4.69) is 6.92 Å². The fourth-order valence-electron chi connectivity index (χ4n) is 2.78. The van der Waals surface area contributed by atoms with Crippen molar-refractivity contribution < 1.29 is 15.0 Å². The normalized spacial score (nSPS) is 12.5. The molecule has 2 N–H and O–H groups in total. The highest BCUT2D eigenvalue weighted by molar-refractivity contribution is 5.86. The second kappa shape index (κ2) is 7.95. The van der Waals surface area contributed by atoms with Gasteiger partial charge in [-0.15, -0.1) is 0 Å². The Bertz CT molecular complexity index is 634. The van der Waals surface area contributed by atoms with Crippen molar-refractivity contribution in [2.75, 3.05) is 0 Å². The Hall–Kier alpha value is -1.87. The van der Waals surface area contributed by atoms with Gasteiger partial charge in [-0.3, -0.25) is 4.79 Å². The van der Waals surface area contributed by atoms with E-state index in [0.717, 1.165) is 47.6 Å². The van der Waals surface area contributed by atoms with Gasteiger partial charge in [0.05, 0.1) is 6.10 Å². The number of fused-ring (bicyclic) bond motifs is 1. The summed E-state index contributed by atoms with van der Waals surface area (Å²) in [6.07, 6.45) is 4.26. The molecule has 0 aliphatic carbocycles. The topological polar surface area (TPSA) is 57.5 Å². The van der Waals surface area contributed by atoms with Crippen LogP contribution in [0, 0.1) is 0 Å². The van der Waals surface area contributed by atoms with Crippen molar-refractivity contribution in [2.24, 2.45) is 0 Å². The molecule has 0 aliphatic rings. The molecule has 3 nitrogen and oxygen atoms in total. The molecule has 1 unspecified atom stereocenters. The van der Waals surface area contributed by atoms with Crippen LogP contribution < -0.4 is 0 Å². The summed E-state index contributed by atoms with van der Waals surface area (Å²) >= 11 is 0. The van der Waals surface area contributed by atoms with Gasteiger partial charge in [0.1, 0.15) is 0 Å². The van der Waals surface area contributed by atoms with Gasteiger partial charge in [0.25, 0.3) is 0 Å². The van der Waals surface area contributed by atoms with Gasteiger partial charge in [0, 0.05) is 6.42 Å². The predicted molar refractivity (Wildman–Crippen MR) is 89.0 cm³/mol. The number of aryl methyl sites for hydroxylation is 1. The monoisotopic (exact) mass is 300 g/mol.